The Hall–Kier alpha value is -1.61. The van der Waals surface area contributed by atoms with E-state index in [9.17, 15) is 4.79 Å². The third kappa shape index (κ3) is 3.28. The van der Waals surface area contributed by atoms with E-state index >= 15 is 0 Å². The number of benzene rings is 1. The molecule has 0 fully saturated rings. The van der Waals surface area contributed by atoms with Crippen LogP contribution < -0.4 is 0 Å². The largest absolute Gasteiger partial charge is 0.338 e. The first-order valence-corrected chi connectivity index (χ1v) is 8.08. The van der Waals surface area contributed by atoms with E-state index in [1.807, 2.05) is 41.5 Å². The van der Waals surface area contributed by atoms with Gasteiger partial charge in [0.15, 0.2) is 0 Å². The van der Waals surface area contributed by atoms with Gasteiger partial charge in [0.2, 0.25) is 0 Å². The lowest BCUT2D eigenvalue weighted by molar-refractivity contribution is 0.0768. The molecule has 1 heterocycles. The van der Waals surface area contributed by atoms with Crippen molar-refractivity contribution >= 4 is 17.2 Å². The van der Waals surface area contributed by atoms with Gasteiger partial charge < -0.3 is 4.90 Å². The first-order chi connectivity index (χ1) is 9.77. The maximum atomic E-state index is 12.7. The normalized spacial score (nSPS) is 10.5. The van der Waals surface area contributed by atoms with E-state index in [2.05, 4.69) is 19.1 Å². The van der Waals surface area contributed by atoms with Gasteiger partial charge in [0.1, 0.15) is 0 Å². The molecule has 0 spiro atoms. The van der Waals surface area contributed by atoms with Crippen LogP contribution in [0, 0.1) is 0 Å². The van der Waals surface area contributed by atoms with Gasteiger partial charge >= 0.3 is 0 Å². The van der Waals surface area contributed by atoms with Crippen molar-refractivity contribution in [1.29, 1.82) is 0 Å². The van der Waals surface area contributed by atoms with Gasteiger partial charge in [0.05, 0.1) is 4.88 Å². The predicted molar refractivity (Wildman–Crippen MR) is 86.2 cm³/mol. The molecule has 1 amide bonds. The fourth-order valence-electron chi connectivity index (χ4n) is 2.22. The van der Waals surface area contributed by atoms with Gasteiger partial charge in [-0.1, -0.05) is 43.7 Å². The van der Waals surface area contributed by atoms with Gasteiger partial charge in [-0.25, -0.2) is 0 Å². The monoisotopic (exact) mass is 287 g/mol. The molecule has 0 aliphatic carbocycles. The summed E-state index contributed by atoms with van der Waals surface area (Å²) in [5, 5.41) is 2.00. The molecule has 3 heteroatoms. The third-order valence-corrected chi connectivity index (χ3v) is 4.30. The van der Waals surface area contributed by atoms with Crippen LogP contribution in [-0.4, -0.2) is 23.9 Å². The van der Waals surface area contributed by atoms with E-state index < -0.39 is 0 Å². The first-order valence-electron chi connectivity index (χ1n) is 7.20. The topological polar surface area (TPSA) is 20.3 Å². The van der Waals surface area contributed by atoms with Crippen LogP contribution in [0.3, 0.4) is 0 Å². The number of carbonyl (C=O) groups is 1. The lowest BCUT2D eigenvalue weighted by Crippen LogP contribution is -2.31. The van der Waals surface area contributed by atoms with Crippen LogP contribution in [0.25, 0.3) is 11.1 Å². The van der Waals surface area contributed by atoms with Crippen molar-refractivity contribution < 1.29 is 4.79 Å². The van der Waals surface area contributed by atoms with E-state index in [0.717, 1.165) is 41.9 Å². The highest BCUT2D eigenvalue weighted by Crippen LogP contribution is 2.29. The van der Waals surface area contributed by atoms with Crippen LogP contribution in [0.4, 0.5) is 0 Å². The van der Waals surface area contributed by atoms with Crippen molar-refractivity contribution in [3.05, 3.63) is 46.7 Å². The Morgan fingerprint density at radius 3 is 2.55 bits per heavy atom. The molecule has 0 radical (unpaired) electrons. The van der Waals surface area contributed by atoms with Crippen molar-refractivity contribution in [2.45, 2.75) is 26.7 Å². The van der Waals surface area contributed by atoms with Crippen molar-refractivity contribution in [2.75, 3.05) is 13.1 Å². The standard InChI is InChI=1S/C17H21NOS/c1-3-5-12-18(4-2)17(19)16-15(11-13-20-16)14-9-7-6-8-10-14/h6-11,13H,3-5,12H2,1-2H3. The van der Waals surface area contributed by atoms with Gasteiger partial charge in [-0.3, -0.25) is 4.79 Å². The Labute approximate surface area is 125 Å². The van der Waals surface area contributed by atoms with Crippen molar-refractivity contribution in [1.82, 2.24) is 4.90 Å². The molecule has 0 aliphatic heterocycles. The summed E-state index contributed by atoms with van der Waals surface area (Å²) in [6, 6.07) is 12.2. The predicted octanol–water partition coefficient (Wildman–Crippen LogP) is 4.68. The van der Waals surface area contributed by atoms with Crippen molar-refractivity contribution in [3.8, 4) is 11.1 Å². The van der Waals surface area contributed by atoms with Gasteiger partial charge in [0, 0.05) is 18.7 Å². The highest BCUT2D eigenvalue weighted by molar-refractivity contribution is 7.12. The molecule has 2 nitrogen and oxygen atoms in total. The molecular weight excluding hydrogens is 266 g/mol. The lowest BCUT2D eigenvalue weighted by atomic mass is 10.1. The number of thiophene rings is 1. The van der Waals surface area contributed by atoms with E-state index in [4.69, 9.17) is 0 Å². The molecule has 0 saturated carbocycles. The zero-order chi connectivity index (χ0) is 14.4. The highest BCUT2D eigenvalue weighted by atomic mass is 32.1. The van der Waals surface area contributed by atoms with Crippen LogP contribution in [0.5, 0.6) is 0 Å². The Kier molecular flexibility index (Phi) is 5.36. The number of nitrogens with zero attached hydrogens (tertiary/aromatic N) is 1. The van der Waals surface area contributed by atoms with E-state index in [1.54, 1.807) is 0 Å². The zero-order valence-electron chi connectivity index (χ0n) is 12.1. The average molecular weight is 287 g/mol. The number of amides is 1. The highest BCUT2D eigenvalue weighted by Gasteiger charge is 2.19. The quantitative estimate of drug-likeness (QED) is 0.755. The molecule has 106 valence electrons. The number of rotatable bonds is 6. The van der Waals surface area contributed by atoms with Crippen molar-refractivity contribution in [2.24, 2.45) is 0 Å². The summed E-state index contributed by atoms with van der Waals surface area (Å²) in [6.45, 7) is 5.81. The molecule has 1 aromatic carbocycles. The molecule has 0 bridgehead atoms. The van der Waals surface area contributed by atoms with Crippen LogP contribution in [0.2, 0.25) is 0 Å². The summed E-state index contributed by atoms with van der Waals surface area (Å²) in [7, 11) is 0. The SMILES string of the molecule is CCCCN(CC)C(=O)c1sccc1-c1ccccc1. The van der Waals surface area contributed by atoms with Gasteiger partial charge in [-0.15, -0.1) is 11.3 Å². The summed E-state index contributed by atoms with van der Waals surface area (Å²) in [4.78, 5) is 15.5. The number of carbonyl (C=O) groups excluding carboxylic acids is 1. The maximum absolute atomic E-state index is 12.7. The van der Waals surface area contributed by atoms with Crippen LogP contribution >= 0.6 is 11.3 Å². The van der Waals surface area contributed by atoms with Gasteiger partial charge in [-0.2, -0.15) is 0 Å². The first kappa shape index (κ1) is 14.8. The van der Waals surface area contributed by atoms with Crippen molar-refractivity contribution in [3.63, 3.8) is 0 Å². The molecule has 20 heavy (non-hydrogen) atoms. The van der Waals surface area contributed by atoms with Crippen LogP contribution in [-0.2, 0) is 0 Å². The van der Waals surface area contributed by atoms with Gasteiger partial charge in [0.25, 0.3) is 5.91 Å². The molecule has 0 unspecified atom stereocenters. The Balaban J connectivity index is 2.25. The molecule has 0 atom stereocenters. The third-order valence-electron chi connectivity index (χ3n) is 3.39. The summed E-state index contributed by atoms with van der Waals surface area (Å²) in [5.74, 6) is 0.162. The Morgan fingerprint density at radius 2 is 1.90 bits per heavy atom. The molecule has 2 rings (SSSR count). The lowest BCUT2D eigenvalue weighted by Gasteiger charge is -2.20. The second-order valence-electron chi connectivity index (χ2n) is 4.77. The molecular formula is C17H21NOS. The zero-order valence-corrected chi connectivity index (χ0v) is 13.0. The minimum absolute atomic E-state index is 0.162. The van der Waals surface area contributed by atoms with E-state index in [1.165, 1.54) is 11.3 Å². The Bertz CT molecular complexity index is 547. The van der Waals surface area contributed by atoms with Crippen LogP contribution in [0.15, 0.2) is 41.8 Å². The second kappa shape index (κ2) is 7.25. The van der Waals surface area contributed by atoms with E-state index in [0.29, 0.717) is 0 Å². The summed E-state index contributed by atoms with van der Waals surface area (Å²) >= 11 is 1.54. The molecule has 0 aliphatic rings. The number of hydrogen-bond donors (Lipinski definition) is 0. The number of hydrogen-bond acceptors (Lipinski definition) is 2. The Morgan fingerprint density at radius 1 is 1.15 bits per heavy atom. The number of unbranched alkanes of at least 4 members (excludes halogenated alkanes) is 1. The van der Waals surface area contributed by atoms with E-state index in [-0.39, 0.29) is 5.91 Å². The summed E-state index contributed by atoms with van der Waals surface area (Å²) in [6.07, 6.45) is 2.17. The maximum Gasteiger partial charge on any atom is 0.264 e. The second-order valence-corrected chi connectivity index (χ2v) is 5.68. The van der Waals surface area contributed by atoms with Gasteiger partial charge in [-0.05, 0) is 30.4 Å². The fourth-order valence-corrected chi connectivity index (χ4v) is 3.10. The molecule has 1 aromatic heterocycles. The fraction of sp³-hybridized carbons (Fsp3) is 0.353. The smallest absolute Gasteiger partial charge is 0.264 e. The molecule has 2 aromatic rings. The van der Waals surface area contributed by atoms with Crippen LogP contribution in [0.1, 0.15) is 36.4 Å². The molecule has 0 N–H and O–H groups in total. The summed E-state index contributed by atoms with van der Waals surface area (Å²) < 4.78 is 0. The molecule has 0 saturated heterocycles. The minimum Gasteiger partial charge on any atom is -0.338 e. The summed E-state index contributed by atoms with van der Waals surface area (Å²) in [5.41, 5.74) is 2.17. The average Bonchev–Trinajstić information content (AvgIpc) is 2.98. The minimum atomic E-state index is 0.162.